The second-order valence-corrected chi connectivity index (χ2v) is 8.11. The molecule has 1 unspecified atom stereocenters. The molecule has 1 aliphatic rings. The summed E-state index contributed by atoms with van der Waals surface area (Å²) >= 11 is 11.8. The lowest BCUT2D eigenvalue weighted by Gasteiger charge is -2.34. The van der Waals surface area contributed by atoms with E-state index in [1.54, 1.807) is 0 Å². The number of rotatable bonds is 4. The van der Waals surface area contributed by atoms with E-state index in [1.807, 2.05) is 0 Å². The molecule has 1 aliphatic heterocycles. The number of hydrogen-bond acceptors (Lipinski definition) is 4. The maximum atomic E-state index is 12.7. The van der Waals surface area contributed by atoms with E-state index >= 15 is 0 Å². The molecule has 10 heteroatoms. The average Bonchev–Trinajstić information content (AvgIpc) is 2.55. The Balaban J connectivity index is 2.13. The molecule has 7 nitrogen and oxygen atoms in total. The fourth-order valence-electron chi connectivity index (χ4n) is 2.34. The number of aliphatic carboxylic acids is 1. The number of amides is 1. The number of benzene rings is 1. The van der Waals surface area contributed by atoms with Crippen molar-refractivity contribution in [2.45, 2.75) is 11.8 Å². The standard InChI is InChI=1S/C14H16Cl2N2O5S/c1-9(14(20)21)13(19)17-4-6-18(7-5-17)24(22,23)12-8-10(15)2-3-11(12)16/h2-3,8-9H,4-7H2,1H3,(H,20,21). The third-order valence-electron chi connectivity index (χ3n) is 3.80. The van der Waals surface area contributed by atoms with Gasteiger partial charge in [0.25, 0.3) is 0 Å². The van der Waals surface area contributed by atoms with Crippen LogP contribution in [0.2, 0.25) is 10.0 Å². The van der Waals surface area contributed by atoms with Gasteiger partial charge in [-0.25, -0.2) is 8.42 Å². The molecule has 1 aromatic carbocycles. The highest BCUT2D eigenvalue weighted by Crippen LogP contribution is 2.28. The lowest BCUT2D eigenvalue weighted by Crippen LogP contribution is -2.52. The van der Waals surface area contributed by atoms with E-state index in [-0.39, 0.29) is 41.1 Å². The smallest absolute Gasteiger partial charge is 0.315 e. The molecule has 1 amide bonds. The van der Waals surface area contributed by atoms with Crippen molar-refractivity contribution in [2.24, 2.45) is 5.92 Å². The Morgan fingerprint density at radius 1 is 1.17 bits per heavy atom. The summed E-state index contributed by atoms with van der Waals surface area (Å²) in [6, 6.07) is 4.18. The molecule has 1 atom stereocenters. The average molecular weight is 395 g/mol. The van der Waals surface area contributed by atoms with Crippen LogP contribution in [-0.2, 0) is 19.6 Å². The van der Waals surface area contributed by atoms with Crippen molar-refractivity contribution in [1.82, 2.24) is 9.21 Å². The molecule has 1 saturated heterocycles. The van der Waals surface area contributed by atoms with E-state index in [2.05, 4.69) is 0 Å². The SMILES string of the molecule is CC(C(=O)O)C(=O)N1CCN(S(=O)(=O)c2cc(Cl)ccc2Cl)CC1. The largest absolute Gasteiger partial charge is 0.481 e. The predicted molar refractivity (Wildman–Crippen MR) is 88.6 cm³/mol. The fraction of sp³-hybridized carbons (Fsp3) is 0.429. The molecule has 0 radical (unpaired) electrons. The highest BCUT2D eigenvalue weighted by atomic mass is 35.5. The molecule has 0 bridgehead atoms. The fourth-order valence-corrected chi connectivity index (χ4v) is 4.50. The van der Waals surface area contributed by atoms with Crippen LogP contribution in [-0.4, -0.2) is 60.8 Å². The van der Waals surface area contributed by atoms with Crippen LogP contribution in [0.5, 0.6) is 0 Å². The molecule has 24 heavy (non-hydrogen) atoms. The third kappa shape index (κ3) is 3.83. The van der Waals surface area contributed by atoms with Gasteiger partial charge >= 0.3 is 5.97 Å². The molecule has 1 N–H and O–H groups in total. The maximum Gasteiger partial charge on any atom is 0.315 e. The van der Waals surface area contributed by atoms with Crippen molar-refractivity contribution < 1.29 is 23.1 Å². The first kappa shape index (κ1) is 19.0. The Labute approximate surface area is 149 Å². The number of sulfonamides is 1. The topological polar surface area (TPSA) is 95.0 Å². The number of piperazine rings is 1. The first-order chi connectivity index (χ1) is 11.1. The summed E-state index contributed by atoms with van der Waals surface area (Å²) < 4.78 is 26.5. The van der Waals surface area contributed by atoms with Crippen LogP contribution in [0.25, 0.3) is 0 Å². The van der Waals surface area contributed by atoms with Gasteiger partial charge in [-0.05, 0) is 25.1 Å². The number of hydrogen-bond donors (Lipinski definition) is 1. The quantitative estimate of drug-likeness (QED) is 0.781. The zero-order chi connectivity index (χ0) is 18.1. The third-order valence-corrected chi connectivity index (χ3v) is 6.42. The molecule has 2 rings (SSSR count). The highest BCUT2D eigenvalue weighted by molar-refractivity contribution is 7.89. The molecule has 0 spiro atoms. The number of carboxylic acid groups (broad SMARTS) is 1. The molecule has 1 aromatic rings. The van der Waals surface area contributed by atoms with Gasteiger partial charge in [-0.3, -0.25) is 9.59 Å². The van der Waals surface area contributed by atoms with Gasteiger partial charge in [0.2, 0.25) is 15.9 Å². The van der Waals surface area contributed by atoms with E-state index < -0.39 is 27.8 Å². The highest BCUT2D eigenvalue weighted by Gasteiger charge is 2.34. The van der Waals surface area contributed by atoms with Crippen molar-refractivity contribution in [3.05, 3.63) is 28.2 Å². The molecule has 0 aliphatic carbocycles. The summed E-state index contributed by atoms with van der Waals surface area (Å²) in [6.45, 7) is 1.66. The molecule has 1 fully saturated rings. The van der Waals surface area contributed by atoms with Crippen molar-refractivity contribution in [3.8, 4) is 0 Å². The van der Waals surface area contributed by atoms with Crippen molar-refractivity contribution >= 4 is 45.1 Å². The molecule has 132 valence electrons. The number of halogens is 2. The summed E-state index contributed by atoms with van der Waals surface area (Å²) in [5, 5.41) is 9.21. The van der Waals surface area contributed by atoms with Crippen LogP contribution in [0.3, 0.4) is 0 Å². The van der Waals surface area contributed by atoms with Crippen molar-refractivity contribution in [1.29, 1.82) is 0 Å². The molecule has 0 aromatic heterocycles. The Morgan fingerprint density at radius 2 is 1.75 bits per heavy atom. The minimum Gasteiger partial charge on any atom is -0.481 e. The van der Waals surface area contributed by atoms with Gasteiger partial charge in [-0.15, -0.1) is 0 Å². The first-order valence-electron chi connectivity index (χ1n) is 7.11. The van der Waals surface area contributed by atoms with Gasteiger partial charge < -0.3 is 10.0 Å². The van der Waals surface area contributed by atoms with Crippen LogP contribution in [0.4, 0.5) is 0 Å². The number of nitrogens with zero attached hydrogens (tertiary/aromatic N) is 2. The minimum atomic E-state index is -3.84. The van der Waals surface area contributed by atoms with E-state index in [1.165, 1.54) is 34.3 Å². The van der Waals surface area contributed by atoms with Gasteiger partial charge in [0.05, 0.1) is 5.02 Å². The van der Waals surface area contributed by atoms with E-state index in [9.17, 15) is 18.0 Å². The summed E-state index contributed by atoms with van der Waals surface area (Å²) in [4.78, 5) is 24.1. The van der Waals surface area contributed by atoms with Gasteiger partial charge in [0, 0.05) is 31.2 Å². The van der Waals surface area contributed by atoms with Gasteiger partial charge in [-0.1, -0.05) is 23.2 Å². The Hall–Kier alpha value is -1.35. The minimum absolute atomic E-state index is 0.0588. The Kier molecular flexibility index (Phi) is 5.74. The van der Waals surface area contributed by atoms with Crippen LogP contribution in [0.15, 0.2) is 23.1 Å². The van der Waals surface area contributed by atoms with Crippen LogP contribution in [0.1, 0.15) is 6.92 Å². The van der Waals surface area contributed by atoms with Gasteiger partial charge in [0.1, 0.15) is 10.8 Å². The normalized spacial score (nSPS) is 17.5. The molecule has 0 saturated carbocycles. The second kappa shape index (κ2) is 7.26. The Bertz CT molecular complexity index is 760. The summed E-state index contributed by atoms with van der Waals surface area (Å²) in [6.07, 6.45) is 0. The zero-order valence-corrected chi connectivity index (χ0v) is 15.1. The first-order valence-corrected chi connectivity index (χ1v) is 9.31. The van der Waals surface area contributed by atoms with Crippen molar-refractivity contribution in [3.63, 3.8) is 0 Å². The predicted octanol–water partition coefficient (Wildman–Crippen LogP) is 1.55. The van der Waals surface area contributed by atoms with E-state index in [0.717, 1.165) is 0 Å². The van der Waals surface area contributed by atoms with Gasteiger partial charge in [-0.2, -0.15) is 4.31 Å². The lowest BCUT2D eigenvalue weighted by molar-refractivity contribution is -0.150. The summed E-state index contributed by atoms with van der Waals surface area (Å²) in [5.41, 5.74) is 0. The molecular weight excluding hydrogens is 379 g/mol. The second-order valence-electron chi connectivity index (χ2n) is 5.36. The van der Waals surface area contributed by atoms with Crippen LogP contribution < -0.4 is 0 Å². The Morgan fingerprint density at radius 3 is 2.29 bits per heavy atom. The number of carbonyl (C=O) groups excluding carboxylic acids is 1. The van der Waals surface area contributed by atoms with Crippen LogP contribution >= 0.6 is 23.2 Å². The monoisotopic (exact) mass is 394 g/mol. The number of carbonyl (C=O) groups is 2. The lowest BCUT2D eigenvalue weighted by atomic mass is 10.1. The molecular formula is C14H16Cl2N2O5S. The van der Waals surface area contributed by atoms with Crippen LogP contribution in [0, 0.1) is 5.92 Å². The zero-order valence-electron chi connectivity index (χ0n) is 12.8. The maximum absolute atomic E-state index is 12.7. The summed E-state index contributed by atoms with van der Waals surface area (Å²) in [5.74, 6) is -2.89. The number of carboxylic acids is 1. The van der Waals surface area contributed by atoms with E-state index in [0.29, 0.717) is 0 Å². The van der Waals surface area contributed by atoms with Crippen molar-refractivity contribution in [2.75, 3.05) is 26.2 Å². The van der Waals surface area contributed by atoms with E-state index in [4.69, 9.17) is 28.3 Å². The summed E-state index contributed by atoms with van der Waals surface area (Å²) in [7, 11) is -3.84. The molecule has 1 heterocycles. The van der Waals surface area contributed by atoms with Gasteiger partial charge in [0.15, 0.2) is 0 Å².